The van der Waals surface area contributed by atoms with Gasteiger partial charge in [-0.1, -0.05) is 30.2 Å². The fourth-order valence-corrected chi connectivity index (χ4v) is 3.24. The molecular weight excluding hydrogens is 336 g/mol. The summed E-state index contributed by atoms with van der Waals surface area (Å²) in [5.74, 6) is -0.203. The van der Waals surface area contributed by atoms with Gasteiger partial charge in [0.25, 0.3) is 0 Å². The number of benzene rings is 1. The van der Waals surface area contributed by atoms with Crippen molar-refractivity contribution in [2.45, 2.75) is 39.0 Å². The number of amides is 1. The summed E-state index contributed by atoms with van der Waals surface area (Å²) in [4.78, 5) is 27.5. The summed E-state index contributed by atoms with van der Waals surface area (Å²) in [5.41, 5.74) is 3.08. The van der Waals surface area contributed by atoms with Gasteiger partial charge in [-0.05, 0) is 25.8 Å². The zero-order valence-corrected chi connectivity index (χ0v) is 15.5. The molecule has 1 heterocycles. The first-order valence-corrected chi connectivity index (χ1v) is 9.31. The van der Waals surface area contributed by atoms with Crippen LogP contribution in [0.1, 0.15) is 36.9 Å². The Kier molecular flexibility index (Phi) is 7.60. The Morgan fingerprint density at radius 1 is 1.24 bits per heavy atom. The molecule has 0 aliphatic heterocycles. The van der Waals surface area contributed by atoms with Crippen LogP contribution < -0.4 is 5.32 Å². The molecule has 1 amide bonds. The molecule has 0 saturated heterocycles. The van der Waals surface area contributed by atoms with Crippen molar-refractivity contribution in [3.63, 3.8) is 0 Å². The minimum atomic E-state index is -0.183. The van der Waals surface area contributed by atoms with Gasteiger partial charge in [0.1, 0.15) is 5.01 Å². The molecule has 0 fully saturated rings. The zero-order chi connectivity index (χ0) is 18.1. The lowest BCUT2D eigenvalue weighted by Gasteiger charge is -2.04. The van der Waals surface area contributed by atoms with Gasteiger partial charge in [-0.25, -0.2) is 4.98 Å². The van der Waals surface area contributed by atoms with Crippen molar-refractivity contribution in [3.05, 3.63) is 40.9 Å². The van der Waals surface area contributed by atoms with Crippen LogP contribution in [-0.2, 0) is 20.7 Å². The van der Waals surface area contributed by atoms with Crippen LogP contribution in [-0.4, -0.2) is 30.5 Å². The molecule has 0 unspecified atom stereocenters. The van der Waals surface area contributed by atoms with Crippen LogP contribution in [0.3, 0.4) is 0 Å². The van der Waals surface area contributed by atoms with E-state index in [1.54, 1.807) is 11.3 Å². The molecule has 25 heavy (non-hydrogen) atoms. The molecule has 1 N–H and O–H groups in total. The van der Waals surface area contributed by atoms with E-state index in [9.17, 15) is 9.59 Å². The van der Waals surface area contributed by atoms with Crippen molar-refractivity contribution in [2.75, 3.05) is 13.7 Å². The molecule has 0 bridgehead atoms. The predicted octanol–water partition coefficient (Wildman–Crippen LogP) is 3.51. The Morgan fingerprint density at radius 2 is 2.08 bits per heavy atom. The number of carbonyl (C=O) groups excluding carboxylic acids is 2. The zero-order valence-electron chi connectivity index (χ0n) is 14.7. The molecule has 5 nitrogen and oxygen atoms in total. The number of aromatic nitrogens is 1. The molecule has 0 aliphatic carbocycles. The van der Waals surface area contributed by atoms with Crippen LogP contribution in [0.4, 0.5) is 0 Å². The summed E-state index contributed by atoms with van der Waals surface area (Å²) in [6, 6.07) is 8.19. The predicted molar refractivity (Wildman–Crippen MR) is 99.5 cm³/mol. The lowest BCUT2D eigenvalue weighted by Crippen LogP contribution is -2.26. The van der Waals surface area contributed by atoms with Gasteiger partial charge in [0, 0.05) is 23.9 Å². The molecule has 6 heteroatoms. The topological polar surface area (TPSA) is 68.3 Å². The van der Waals surface area contributed by atoms with Gasteiger partial charge in [-0.3, -0.25) is 9.59 Å². The summed E-state index contributed by atoms with van der Waals surface area (Å²) in [5, 5.41) is 5.78. The first kappa shape index (κ1) is 19.1. The average molecular weight is 360 g/mol. The highest BCUT2D eigenvalue weighted by molar-refractivity contribution is 7.13. The van der Waals surface area contributed by atoms with Crippen LogP contribution in [0, 0.1) is 6.92 Å². The number of thiazole rings is 1. The number of nitrogens with one attached hydrogen (secondary N) is 1. The van der Waals surface area contributed by atoms with Gasteiger partial charge in [0.15, 0.2) is 0 Å². The second kappa shape index (κ2) is 9.93. The highest BCUT2D eigenvalue weighted by Crippen LogP contribution is 2.24. The number of hydrogen-bond donors (Lipinski definition) is 1. The molecule has 134 valence electrons. The third kappa shape index (κ3) is 6.66. The van der Waals surface area contributed by atoms with Gasteiger partial charge >= 0.3 is 5.97 Å². The quantitative estimate of drug-likeness (QED) is 0.549. The lowest BCUT2D eigenvalue weighted by atomic mass is 10.1. The minimum Gasteiger partial charge on any atom is -0.469 e. The van der Waals surface area contributed by atoms with E-state index in [0.717, 1.165) is 35.5 Å². The van der Waals surface area contributed by atoms with E-state index in [2.05, 4.69) is 34.1 Å². The van der Waals surface area contributed by atoms with E-state index < -0.39 is 0 Å². The van der Waals surface area contributed by atoms with Gasteiger partial charge in [-0.2, -0.15) is 0 Å². The molecule has 2 aromatic rings. The second-order valence-electron chi connectivity index (χ2n) is 5.93. The van der Waals surface area contributed by atoms with E-state index in [0.29, 0.717) is 19.4 Å². The summed E-state index contributed by atoms with van der Waals surface area (Å²) in [7, 11) is 1.39. The molecule has 1 aromatic heterocycles. The van der Waals surface area contributed by atoms with E-state index in [1.807, 2.05) is 17.5 Å². The summed E-state index contributed by atoms with van der Waals surface area (Å²) in [6.07, 6.45) is 3.27. The summed E-state index contributed by atoms with van der Waals surface area (Å²) in [6.45, 7) is 2.67. The van der Waals surface area contributed by atoms with E-state index in [1.165, 1.54) is 12.7 Å². The number of aryl methyl sites for hydroxylation is 1. The third-order valence-corrected chi connectivity index (χ3v) is 4.71. The number of unbranched alkanes of at least 4 members (excludes halogenated alkanes) is 2. The third-order valence-electron chi connectivity index (χ3n) is 3.77. The number of rotatable bonds is 9. The number of hydrogen-bond acceptors (Lipinski definition) is 5. The molecule has 0 spiro atoms. The smallest absolute Gasteiger partial charge is 0.305 e. The Hall–Kier alpha value is -2.21. The Bertz CT molecular complexity index is 712. The molecule has 0 saturated carbocycles. The van der Waals surface area contributed by atoms with Gasteiger partial charge in [0.2, 0.25) is 5.91 Å². The maximum atomic E-state index is 12.0. The van der Waals surface area contributed by atoms with E-state index in [4.69, 9.17) is 0 Å². The number of carbonyl (C=O) groups is 2. The molecule has 0 atom stereocenters. The number of esters is 1. The normalized spacial score (nSPS) is 10.5. The van der Waals surface area contributed by atoms with Crippen molar-refractivity contribution in [3.8, 4) is 10.6 Å². The molecule has 0 aliphatic rings. The highest BCUT2D eigenvalue weighted by Gasteiger charge is 2.09. The van der Waals surface area contributed by atoms with Crippen LogP contribution in [0.5, 0.6) is 0 Å². The second-order valence-corrected chi connectivity index (χ2v) is 6.79. The SMILES string of the molecule is COC(=O)CCCCCNC(=O)Cc1csc(-c2cccc(C)c2)n1. The first-order valence-electron chi connectivity index (χ1n) is 8.43. The summed E-state index contributed by atoms with van der Waals surface area (Å²) >= 11 is 1.56. The average Bonchev–Trinajstić information content (AvgIpc) is 3.06. The van der Waals surface area contributed by atoms with Gasteiger partial charge in [-0.15, -0.1) is 11.3 Å². The van der Waals surface area contributed by atoms with Crippen molar-refractivity contribution in [1.29, 1.82) is 0 Å². The molecular formula is C19H24N2O3S. The van der Waals surface area contributed by atoms with Crippen molar-refractivity contribution < 1.29 is 14.3 Å². The first-order chi connectivity index (χ1) is 12.1. The van der Waals surface area contributed by atoms with E-state index >= 15 is 0 Å². The number of methoxy groups -OCH3 is 1. The minimum absolute atomic E-state index is 0.0194. The Balaban J connectivity index is 1.70. The van der Waals surface area contributed by atoms with Gasteiger partial charge < -0.3 is 10.1 Å². The highest BCUT2D eigenvalue weighted by atomic mass is 32.1. The van der Waals surface area contributed by atoms with Crippen LogP contribution >= 0.6 is 11.3 Å². The summed E-state index contributed by atoms with van der Waals surface area (Å²) < 4.78 is 4.59. The van der Waals surface area contributed by atoms with Crippen molar-refractivity contribution in [2.24, 2.45) is 0 Å². The van der Waals surface area contributed by atoms with Crippen molar-refractivity contribution >= 4 is 23.2 Å². The molecule has 0 radical (unpaired) electrons. The van der Waals surface area contributed by atoms with Crippen LogP contribution in [0.25, 0.3) is 10.6 Å². The fourth-order valence-electron chi connectivity index (χ4n) is 2.43. The largest absolute Gasteiger partial charge is 0.469 e. The standard InChI is InChI=1S/C19H24N2O3S/c1-14-7-6-8-15(11-14)19-21-16(13-25-19)12-17(22)20-10-5-3-4-9-18(23)24-2/h6-8,11,13H,3-5,9-10,12H2,1-2H3,(H,20,22). The number of ether oxygens (including phenoxy) is 1. The molecule has 2 rings (SSSR count). The van der Waals surface area contributed by atoms with Gasteiger partial charge in [0.05, 0.1) is 19.2 Å². The Labute approximate surface area is 152 Å². The maximum absolute atomic E-state index is 12.0. The van der Waals surface area contributed by atoms with Crippen LogP contribution in [0.15, 0.2) is 29.6 Å². The van der Waals surface area contributed by atoms with Crippen molar-refractivity contribution in [1.82, 2.24) is 10.3 Å². The van der Waals surface area contributed by atoms with E-state index in [-0.39, 0.29) is 11.9 Å². The van der Waals surface area contributed by atoms with Crippen LogP contribution in [0.2, 0.25) is 0 Å². The lowest BCUT2D eigenvalue weighted by molar-refractivity contribution is -0.140. The fraction of sp³-hybridized carbons (Fsp3) is 0.421. The Morgan fingerprint density at radius 3 is 2.84 bits per heavy atom. The maximum Gasteiger partial charge on any atom is 0.305 e. The molecule has 1 aromatic carbocycles. The number of nitrogens with zero attached hydrogens (tertiary/aromatic N) is 1. The monoisotopic (exact) mass is 360 g/mol.